The van der Waals surface area contributed by atoms with Gasteiger partial charge in [-0.05, 0) is 37.6 Å². The number of piperidine rings is 1. The molecule has 39 heavy (non-hydrogen) atoms. The maximum absolute atomic E-state index is 15.4. The van der Waals surface area contributed by atoms with E-state index in [1.807, 2.05) is 16.4 Å². The summed E-state index contributed by atoms with van der Waals surface area (Å²) >= 11 is 6.59. The number of nitriles is 1. The minimum Gasteiger partial charge on any atom is -0.424 e. The lowest BCUT2D eigenvalue weighted by Crippen LogP contribution is -2.43. The molecule has 0 amide bonds. The zero-order valence-corrected chi connectivity index (χ0v) is 21.6. The first-order valence-electron chi connectivity index (χ1n) is 12.4. The van der Waals surface area contributed by atoms with Crippen LogP contribution in [0.5, 0.6) is 11.8 Å². The van der Waals surface area contributed by atoms with E-state index in [2.05, 4.69) is 26.0 Å². The van der Waals surface area contributed by atoms with Crippen LogP contribution in [0.25, 0.3) is 33.1 Å². The summed E-state index contributed by atoms with van der Waals surface area (Å²) in [4.78, 5) is 18.9. The Morgan fingerprint density at radius 3 is 2.69 bits per heavy atom. The summed E-state index contributed by atoms with van der Waals surface area (Å²) in [6.45, 7) is 2.78. The highest BCUT2D eigenvalue weighted by Gasteiger charge is 2.33. The van der Waals surface area contributed by atoms with Gasteiger partial charge in [-0.15, -0.1) is 0 Å². The number of benzene rings is 2. The molecule has 0 aliphatic carbocycles. The Labute approximate surface area is 227 Å². The maximum Gasteiger partial charge on any atom is 0.321 e. The van der Waals surface area contributed by atoms with Crippen LogP contribution in [0.4, 0.5) is 8.78 Å². The van der Waals surface area contributed by atoms with Crippen molar-refractivity contribution >= 4 is 33.5 Å². The Kier molecular flexibility index (Phi) is 6.54. The van der Waals surface area contributed by atoms with Crippen molar-refractivity contribution in [3.05, 3.63) is 71.7 Å². The number of aryl methyl sites for hydroxylation is 1. The summed E-state index contributed by atoms with van der Waals surface area (Å²) in [6.07, 6.45) is 4.03. The van der Waals surface area contributed by atoms with Crippen LogP contribution in [0.15, 0.2) is 55.0 Å². The van der Waals surface area contributed by atoms with Gasteiger partial charge in [-0.25, -0.2) is 23.7 Å². The van der Waals surface area contributed by atoms with Crippen LogP contribution in [0, 0.1) is 24.1 Å². The van der Waals surface area contributed by atoms with Gasteiger partial charge in [-0.2, -0.15) is 5.26 Å². The molecule has 1 fully saturated rings. The summed E-state index contributed by atoms with van der Waals surface area (Å²) in [5.41, 5.74) is 2.46. The number of pyridine rings is 1. The third kappa shape index (κ3) is 4.64. The van der Waals surface area contributed by atoms with Crippen LogP contribution < -0.4 is 4.74 Å². The number of rotatable bonds is 5. The number of hydrogen-bond acceptors (Lipinski definition) is 7. The van der Waals surface area contributed by atoms with Crippen molar-refractivity contribution in [1.82, 2.24) is 29.4 Å². The summed E-state index contributed by atoms with van der Waals surface area (Å²) in [5.74, 6) is 0.562. The van der Waals surface area contributed by atoms with Crippen molar-refractivity contribution in [3.63, 3.8) is 0 Å². The highest BCUT2D eigenvalue weighted by molar-refractivity contribution is 6.33. The summed E-state index contributed by atoms with van der Waals surface area (Å²) in [7, 11) is 0. The molecule has 0 bridgehead atoms. The Morgan fingerprint density at radius 2 is 1.95 bits per heavy atom. The highest BCUT2D eigenvalue weighted by Crippen LogP contribution is 2.38. The number of aromatic nitrogens is 5. The van der Waals surface area contributed by atoms with Crippen molar-refractivity contribution in [2.75, 3.05) is 19.6 Å². The van der Waals surface area contributed by atoms with Crippen molar-refractivity contribution < 1.29 is 13.5 Å². The molecular formula is C28H22ClF2N7O. The third-order valence-electron chi connectivity index (χ3n) is 6.98. The second-order valence-corrected chi connectivity index (χ2v) is 9.82. The van der Waals surface area contributed by atoms with Crippen LogP contribution in [0.2, 0.25) is 5.02 Å². The number of alkyl halides is 1. The number of imidazole rings is 1. The van der Waals surface area contributed by atoms with E-state index in [4.69, 9.17) is 21.6 Å². The van der Waals surface area contributed by atoms with Gasteiger partial charge >= 0.3 is 6.01 Å². The van der Waals surface area contributed by atoms with Crippen molar-refractivity contribution in [2.45, 2.75) is 25.6 Å². The summed E-state index contributed by atoms with van der Waals surface area (Å²) < 4.78 is 38.4. The van der Waals surface area contributed by atoms with Gasteiger partial charge in [-0.3, -0.25) is 9.88 Å². The molecule has 0 spiro atoms. The van der Waals surface area contributed by atoms with E-state index in [9.17, 15) is 0 Å². The van der Waals surface area contributed by atoms with E-state index in [0.29, 0.717) is 52.0 Å². The molecule has 0 radical (unpaired) electrons. The Balaban J connectivity index is 1.44. The van der Waals surface area contributed by atoms with E-state index < -0.39 is 18.0 Å². The van der Waals surface area contributed by atoms with Gasteiger partial charge in [-0.1, -0.05) is 11.6 Å². The van der Waals surface area contributed by atoms with Crippen LogP contribution >= 0.6 is 11.6 Å². The number of ether oxygens (including phenoxy) is 1. The third-order valence-corrected chi connectivity index (χ3v) is 7.29. The Bertz CT molecular complexity index is 1740. The molecule has 2 atom stereocenters. The molecule has 5 aromatic rings. The Morgan fingerprint density at radius 1 is 1.13 bits per heavy atom. The molecule has 0 unspecified atom stereocenters. The quantitative estimate of drug-likeness (QED) is 0.248. The lowest BCUT2D eigenvalue weighted by Gasteiger charge is -2.35. The molecule has 1 saturated heterocycles. The molecule has 11 heteroatoms. The van der Waals surface area contributed by atoms with E-state index in [0.717, 1.165) is 0 Å². The van der Waals surface area contributed by atoms with Gasteiger partial charge in [0.2, 0.25) is 0 Å². The topological polar surface area (TPSA) is 92.8 Å². The Hall–Kier alpha value is -4.20. The highest BCUT2D eigenvalue weighted by atomic mass is 35.5. The fourth-order valence-electron chi connectivity index (χ4n) is 5.24. The molecule has 196 valence electrons. The average molecular weight is 546 g/mol. The lowest BCUT2D eigenvalue weighted by atomic mass is 10.00. The molecular weight excluding hydrogens is 524 g/mol. The first kappa shape index (κ1) is 25.1. The van der Waals surface area contributed by atoms with Crippen LogP contribution in [-0.4, -0.2) is 55.2 Å². The van der Waals surface area contributed by atoms with Gasteiger partial charge in [0.15, 0.2) is 0 Å². The SMILES string of the molecule is Cc1nc2cnc3cc(F)c(-c4ccc(Oc5ncccn5)cc4Cl)cc3c2n1[C@H]1CCN(CC#N)C[C@@H]1F. The summed E-state index contributed by atoms with van der Waals surface area (Å²) in [6, 6.07) is 11.4. The average Bonchev–Trinajstić information content (AvgIpc) is 3.25. The standard InChI is InChI=1S/C28H22ClF2N7O/c1-16-36-25-14-35-24-13-22(30)19(18-4-3-17(11-21(18)29)39-28-33-7-2-8-34-28)12-20(24)27(25)38(16)26-5-9-37(10-6-32)15-23(26)31/h2-4,7-8,11-14,23,26H,5,9-10,15H2,1H3/t23-,26-/m0/s1. The number of halogens is 3. The minimum absolute atomic E-state index is 0.165. The molecule has 3 aromatic heterocycles. The zero-order valence-electron chi connectivity index (χ0n) is 20.9. The van der Waals surface area contributed by atoms with E-state index in [-0.39, 0.29) is 29.7 Å². The first-order chi connectivity index (χ1) is 18.9. The molecule has 8 nitrogen and oxygen atoms in total. The van der Waals surface area contributed by atoms with Crippen molar-refractivity contribution in [1.29, 1.82) is 5.26 Å². The van der Waals surface area contributed by atoms with Gasteiger partial charge < -0.3 is 9.30 Å². The van der Waals surface area contributed by atoms with E-state index in [1.54, 1.807) is 48.9 Å². The predicted octanol–water partition coefficient (Wildman–Crippen LogP) is 6.04. The number of likely N-dealkylation sites (tertiary alicyclic amines) is 1. The normalized spacial score (nSPS) is 17.9. The lowest BCUT2D eigenvalue weighted by molar-refractivity contribution is 0.0996. The maximum atomic E-state index is 15.4. The fourth-order valence-corrected chi connectivity index (χ4v) is 5.51. The van der Waals surface area contributed by atoms with E-state index >= 15 is 8.78 Å². The molecule has 0 saturated carbocycles. The number of hydrogen-bond donors (Lipinski definition) is 0. The molecule has 6 rings (SSSR count). The second-order valence-electron chi connectivity index (χ2n) is 9.41. The number of nitrogens with zero attached hydrogens (tertiary/aromatic N) is 7. The number of fused-ring (bicyclic) bond motifs is 3. The zero-order chi connectivity index (χ0) is 27.1. The monoisotopic (exact) mass is 545 g/mol. The fraction of sp³-hybridized carbons (Fsp3) is 0.250. The van der Waals surface area contributed by atoms with Gasteiger partial charge in [0, 0.05) is 54.1 Å². The molecule has 1 aliphatic rings. The van der Waals surface area contributed by atoms with Crippen LogP contribution in [-0.2, 0) is 0 Å². The van der Waals surface area contributed by atoms with Crippen LogP contribution in [0.3, 0.4) is 0 Å². The summed E-state index contributed by atoms with van der Waals surface area (Å²) in [5, 5.41) is 9.93. The molecule has 0 N–H and O–H groups in total. The van der Waals surface area contributed by atoms with Crippen molar-refractivity contribution in [2.24, 2.45) is 0 Å². The molecule has 2 aromatic carbocycles. The smallest absolute Gasteiger partial charge is 0.321 e. The van der Waals surface area contributed by atoms with Gasteiger partial charge in [0.25, 0.3) is 0 Å². The first-order valence-corrected chi connectivity index (χ1v) is 12.8. The molecule has 1 aliphatic heterocycles. The molecule has 4 heterocycles. The second kappa shape index (κ2) is 10.2. The predicted molar refractivity (Wildman–Crippen MR) is 143 cm³/mol. The van der Waals surface area contributed by atoms with Gasteiger partial charge in [0.1, 0.15) is 29.1 Å². The van der Waals surface area contributed by atoms with Gasteiger partial charge in [0.05, 0.1) is 40.9 Å². The minimum atomic E-state index is -1.19. The van der Waals surface area contributed by atoms with E-state index in [1.165, 1.54) is 6.07 Å². The van der Waals surface area contributed by atoms with Crippen LogP contribution in [0.1, 0.15) is 18.3 Å². The van der Waals surface area contributed by atoms with Crippen molar-refractivity contribution in [3.8, 4) is 29.0 Å². The largest absolute Gasteiger partial charge is 0.424 e.